The Morgan fingerprint density at radius 2 is 1.89 bits per heavy atom. The lowest BCUT2D eigenvalue weighted by Crippen LogP contribution is -2.61. The largest absolute Gasteiger partial charge is 0.415 e. The van der Waals surface area contributed by atoms with Crippen molar-refractivity contribution in [1.82, 2.24) is 5.48 Å². The van der Waals surface area contributed by atoms with Gasteiger partial charge in [-0.1, -0.05) is 30.3 Å². The van der Waals surface area contributed by atoms with Gasteiger partial charge in [-0.2, -0.15) is 13.2 Å². The standard InChI is InChI=1S/C11H13F3N2O2/c1-10(15,11(12,13)14)9(17)16-18-7-8-5-3-2-4-6-8/h2-6H,7,15H2,1H3,(H,16,17). The number of halogens is 3. The van der Waals surface area contributed by atoms with Crippen LogP contribution >= 0.6 is 0 Å². The van der Waals surface area contributed by atoms with Gasteiger partial charge in [0.25, 0.3) is 5.91 Å². The van der Waals surface area contributed by atoms with E-state index in [9.17, 15) is 18.0 Å². The SMILES string of the molecule is CC(N)(C(=O)NOCc1ccccc1)C(F)(F)F. The quantitative estimate of drug-likeness (QED) is 0.808. The first-order valence-electron chi connectivity index (χ1n) is 5.07. The molecule has 1 amide bonds. The molecule has 0 saturated carbocycles. The average Bonchev–Trinajstić information content (AvgIpc) is 2.28. The van der Waals surface area contributed by atoms with Crippen LogP contribution in [0.15, 0.2) is 30.3 Å². The van der Waals surface area contributed by atoms with Crippen molar-refractivity contribution in [3.8, 4) is 0 Å². The Hall–Kier alpha value is -1.60. The molecule has 0 aromatic heterocycles. The summed E-state index contributed by atoms with van der Waals surface area (Å²) in [5.41, 5.74) is 4.32. The molecule has 0 radical (unpaired) electrons. The minimum absolute atomic E-state index is 0.0412. The van der Waals surface area contributed by atoms with Gasteiger partial charge < -0.3 is 5.73 Å². The highest BCUT2D eigenvalue weighted by Crippen LogP contribution is 2.27. The highest BCUT2D eigenvalue weighted by Gasteiger charge is 2.54. The highest BCUT2D eigenvalue weighted by atomic mass is 19.4. The van der Waals surface area contributed by atoms with Crippen LogP contribution in [0.1, 0.15) is 12.5 Å². The molecule has 4 nitrogen and oxygen atoms in total. The molecule has 0 fully saturated rings. The molecular formula is C11H13F3N2O2. The maximum atomic E-state index is 12.4. The molecular weight excluding hydrogens is 249 g/mol. The minimum Gasteiger partial charge on any atom is -0.310 e. The number of rotatable bonds is 4. The summed E-state index contributed by atoms with van der Waals surface area (Å²) in [6, 6.07) is 8.67. The summed E-state index contributed by atoms with van der Waals surface area (Å²) in [6.07, 6.45) is -4.84. The minimum atomic E-state index is -4.84. The fourth-order valence-corrected chi connectivity index (χ4v) is 0.994. The highest BCUT2D eigenvalue weighted by molar-refractivity contribution is 5.85. The molecule has 100 valence electrons. The van der Waals surface area contributed by atoms with Crippen molar-refractivity contribution in [2.45, 2.75) is 25.2 Å². The number of hydroxylamine groups is 1. The third kappa shape index (κ3) is 3.44. The summed E-state index contributed by atoms with van der Waals surface area (Å²) in [7, 11) is 0. The molecule has 18 heavy (non-hydrogen) atoms. The van der Waals surface area contributed by atoms with Gasteiger partial charge in [-0.25, -0.2) is 5.48 Å². The summed E-state index contributed by atoms with van der Waals surface area (Å²) in [5, 5.41) is 0. The monoisotopic (exact) mass is 262 g/mol. The topological polar surface area (TPSA) is 64.4 Å². The van der Waals surface area contributed by atoms with Crippen LogP contribution in [-0.2, 0) is 16.2 Å². The van der Waals surface area contributed by atoms with E-state index in [2.05, 4.69) is 4.84 Å². The predicted molar refractivity (Wildman–Crippen MR) is 58.0 cm³/mol. The van der Waals surface area contributed by atoms with Gasteiger partial charge in [-0.3, -0.25) is 9.63 Å². The normalized spacial score (nSPS) is 14.9. The summed E-state index contributed by atoms with van der Waals surface area (Å²) >= 11 is 0. The molecule has 1 rings (SSSR count). The van der Waals surface area contributed by atoms with Crippen molar-refractivity contribution >= 4 is 5.91 Å². The number of alkyl halides is 3. The van der Waals surface area contributed by atoms with E-state index in [0.717, 1.165) is 0 Å². The molecule has 7 heteroatoms. The maximum Gasteiger partial charge on any atom is 0.415 e. The Bertz CT molecular complexity index is 404. The number of amides is 1. The Labute approximate surface area is 102 Å². The van der Waals surface area contributed by atoms with E-state index in [-0.39, 0.29) is 6.61 Å². The van der Waals surface area contributed by atoms with E-state index < -0.39 is 17.6 Å². The molecule has 1 aromatic rings. The van der Waals surface area contributed by atoms with Crippen LogP contribution in [0.2, 0.25) is 0 Å². The smallest absolute Gasteiger partial charge is 0.310 e. The average molecular weight is 262 g/mol. The van der Waals surface area contributed by atoms with Crippen molar-refractivity contribution < 1.29 is 22.8 Å². The van der Waals surface area contributed by atoms with E-state index in [4.69, 9.17) is 5.73 Å². The number of hydrogen-bond acceptors (Lipinski definition) is 3. The molecule has 0 aliphatic carbocycles. The molecule has 0 aliphatic heterocycles. The van der Waals surface area contributed by atoms with Crippen LogP contribution in [0.3, 0.4) is 0 Å². The zero-order valence-corrected chi connectivity index (χ0v) is 9.62. The number of carbonyl (C=O) groups is 1. The number of benzene rings is 1. The van der Waals surface area contributed by atoms with Crippen LogP contribution in [0.5, 0.6) is 0 Å². The Kier molecular flexibility index (Phi) is 4.31. The van der Waals surface area contributed by atoms with Gasteiger partial charge in [0.2, 0.25) is 0 Å². The third-order valence-electron chi connectivity index (χ3n) is 2.31. The van der Waals surface area contributed by atoms with Crippen LogP contribution in [0, 0.1) is 0 Å². The van der Waals surface area contributed by atoms with Gasteiger partial charge in [-0.15, -0.1) is 0 Å². The Balaban J connectivity index is 2.48. The van der Waals surface area contributed by atoms with Crippen molar-refractivity contribution in [3.05, 3.63) is 35.9 Å². The first-order chi connectivity index (χ1) is 8.25. The van der Waals surface area contributed by atoms with Crippen LogP contribution in [-0.4, -0.2) is 17.6 Å². The summed E-state index contributed by atoms with van der Waals surface area (Å²) < 4.78 is 37.2. The van der Waals surface area contributed by atoms with Crippen LogP contribution in [0.4, 0.5) is 13.2 Å². The number of hydrogen-bond donors (Lipinski definition) is 2. The van der Waals surface area contributed by atoms with E-state index in [1.54, 1.807) is 35.8 Å². The molecule has 1 aromatic carbocycles. The van der Waals surface area contributed by atoms with Crippen molar-refractivity contribution in [2.24, 2.45) is 5.73 Å². The van der Waals surface area contributed by atoms with E-state index >= 15 is 0 Å². The second-order valence-corrected chi connectivity index (χ2v) is 3.91. The first-order valence-corrected chi connectivity index (χ1v) is 5.07. The zero-order valence-electron chi connectivity index (χ0n) is 9.62. The van der Waals surface area contributed by atoms with Crippen molar-refractivity contribution in [2.75, 3.05) is 0 Å². The Morgan fingerprint density at radius 1 is 1.33 bits per heavy atom. The number of nitrogens with two attached hydrogens (primary N) is 1. The summed E-state index contributed by atoms with van der Waals surface area (Å²) in [4.78, 5) is 15.9. The van der Waals surface area contributed by atoms with Crippen LogP contribution in [0.25, 0.3) is 0 Å². The molecule has 1 unspecified atom stereocenters. The van der Waals surface area contributed by atoms with Crippen molar-refractivity contribution in [3.63, 3.8) is 0 Å². The lowest BCUT2D eigenvalue weighted by molar-refractivity contribution is -0.194. The van der Waals surface area contributed by atoms with Gasteiger partial charge in [-0.05, 0) is 12.5 Å². The maximum absolute atomic E-state index is 12.4. The van der Waals surface area contributed by atoms with Gasteiger partial charge in [0.05, 0.1) is 6.61 Å². The number of nitrogens with one attached hydrogen (secondary N) is 1. The second-order valence-electron chi connectivity index (χ2n) is 3.91. The lowest BCUT2D eigenvalue weighted by Gasteiger charge is -2.25. The first kappa shape index (κ1) is 14.5. The summed E-state index contributed by atoms with van der Waals surface area (Å²) in [6.45, 7) is 0.536. The number of carbonyl (C=O) groups excluding carboxylic acids is 1. The van der Waals surface area contributed by atoms with Gasteiger partial charge in [0.1, 0.15) is 0 Å². The molecule has 0 saturated heterocycles. The third-order valence-corrected chi connectivity index (χ3v) is 2.31. The lowest BCUT2D eigenvalue weighted by atomic mass is 10.0. The van der Waals surface area contributed by atoms with E-state index in [1.165, 1.54) is 0 Å². The van der Waals surface area contributed by atoms with Gasteiger partial charge in [0, 0.05) is 0 Å². The molecule has 3 N–H and O–H groups in total. The molecule has 1 atom stereocenters. The molecule has 0 bridgehead atoms. The zero-order chi connectivity index (χ0) is 13.8. The molecule has 0 spiro atoms. The molecule has 0 heterocycles. The summed E-state index contributed by atoms with van der Waals surface area (Å²) in [5.74, 6) is -1.44. The Morgan fingerprint density at radius 3 is 2.39 bits per heavy atom. The predicted octanol–water partition coefficient (Wildman–Crippen LogP) is 1.51. The fourth-order valence-electron chi connectivity index (χ4n) is 0.994. The van der Waals surface area contributed by atoms with Gasteiger partial charge >= 0.3 is 6.18 Å². The van der Waals surface area contributed by atoms with E-state index in [0.29, 0.717) is 12.5 Å². The fraction of sp³-hybridized carbons (Fsp3) is 0.364. The molecule has 0 aliphatic rings. The van der Waals surface area contributed by atoms with Crippen LogP contribution < -0.4 is 11.2 Å². The van der Waals surface area contributed by atoms with Gasteiger partial charge in [0.15, 0.2) is 5.54 Å². The van der Waals surface area contributed by atoms with Crippen molar-refractivity contribution in [1.29, 1.82) is 0 Å². The second kappa shape index (κ2) is 5.36. The van der Waals surface area contributed by atoms with E-state index in [1.807, 2.05) is 0 Å².